The molecule has 2 aromatic rings. The summed E-state index contributed by atoms with van der Waals surface area (Å²) in [5.74, 6) is 1.18. The van der Waals surface area contributed by atoms with Crippen LogP contribution in [0.3, 0.4) is 0 Å². The van der Waals surface area contributed by atoms with Gasteiger partial charge in [0.2, 0.25) is 11.9 Å². The number of nitrogens with one attached hydrogen (secondary N) is 2. The predicted octanol–water partition coefficient (Wildman–Crippen LogP) is 2.61. The first-order valence-electron chi connectivity index (χ1n) is 5.21. The maximum absolute atomic E-state index is 11.6. The number of hydrogen-bond acceptors (Lipinski definition) is 4. The van der Waals surface area contributed by atoms with Crippen LogP contribution < -0.4 is 5.32 Å². The van der Waals surface area contributed by atoms with E-state index in [1.807, 2.05) is 24.3 Å². The van der Waals surface area contributed by atoms with E-state index in [4.69, 9.17) is 0 Å². The Morgan fingerprint density at radius 1 is 1.56 bits per heavy atom. The molecule has 5 nitrogen and oxygen atoms in total. The van der Waals surface area contributed by atoms with Gasteiger partial charge in [0.25, 0.3) is 0 Å². The molecule has 2 rings (SSSR count). The third-order valence-electron chi connectivity index (χ3n) is 2.01. The highest BCUT2D eigenvalue weighted by atomic mass is 79.9. The lowest BCUT2D eigenvalue weighted by atomic mass is 10.4. The van der Waals surface area contributed by atoms with Crippen molar-refractivity contribution in [2.24, 2.45) is 0 Å². The zero-order valence-corrected chi connectivity index (χ0v) is 12.0. The van der Waals surface area contributed by atoms with Crippen LogP contribution in [0.25, 0.3) is 0 Å². The molecule has 1 aromatic heterocycles. The number of carbonyl (C=O) groups is 1. The Morgan fingerprint density at radius 2 is 2.39 bits per heavy atom. The number of anilines is 1. The van der Waals surface area contributed by atoms with Gasteiger partial charge in [0.05, 0.1) is 5.75 Å². The van der Waals surface area contributed by atoms with Crippen LogP contribution in [-0.4, -0.2) is 26.8 Å². The van der Waals surface area contributed by atoms with Crippen LogP contribution in [0.2, 0.25) is 0 Å². The van der Waals surface area contributed by atoms with Gasteiger partial charge in [-0.2, -0.15) is 4.98 Å². The van der Waals surface area contributed by atoms with Gasteiger partial charge in [0.1, 0.15) is 5.82 Å². The average molecular weight is 327 g/mol. The number of aromatic nitrogens is 3. The molecular weight excluding hydrogens is 316 g/mol. The summed E-state index contributed by atoms with van der Waals surface area (Å²) < 4.78 is 0.998. The number of amides is 1. The highest BCUT2D eigenvalue weighted by Crippen LogP contribution is 2.21. The maximum Gasteiger partial charge on any atom is 0.248 e. The van der Waals surface area contributed by atoms with Crippen LogP contribution in [0.15, 0.2) is 33.6 Å². The summed E-state index contributed by atoms with van der Waals surface area (Å²) in [6, 6.07) is 7.80. The van der Waals surface area contributed by atoms with Gasteiger partial charge in [0, 0.05) is 9.37 Å². The van der Waals surface area contributed by atoms with Gasteiger partial charge in [0.15, 0.2) is 0 Å². The second-order valence-electron chi connectivity index (χ2n) is 3.54. The van der Waals surface area contributed by atoms with E-state index in [0.717, 1.165) is 9.37 Å². The molecule has 0 atom stereocenters. The largest absolute Gasteiger partial charge is 0.292 e. The molecule has 0 bridgehead atoms. The zero-order valence-electron chi connectivity index (χ0n) is 9.61. The molecule has 1 amide bonds. The van der Waals surface area contributed by atoms with Gasteiger partial charge in [-0.25, -0.2) is 0 Å². The molecule has 94 valence electrons. The Balaban J connectivity index is 1.85. The van der Waals surface area contributed by atoms with E-state index >= 15 is 0 Å². The van der Waals surface area contributed by atoms with Gasteiger partial charge < -0.3 is 0 Å². The van der Waals surface area contributed by atoms with Crippen LogP contribution in [0, 0.1) is 6.92 Å². The summed E-state index contributed by atoms with van der Waals surface area (Å²) in [7, 11) is 0. The van der Waals surface area contributed by atoms with Crippen LogP contribution in [-0.2, 0) is 4.79 Å². The van der Waals surface area contributed by atoms with Gasteiger partial charge in [-0.1, -0.05) is 22.0 Å². The number of carbonyl (C=O) groups excluding carboxylic acids is 1. The Hall–Kier alpha value is -1.34. The molecule has 0 aliphatic heterocycles. The van der Waals surface area contributed by atoms with Crippen molar-refractivity contribution in [1.29, 1.82) is 0 Å². The Kier molecular flexibility index (Phi) is 4.38. The number of thioether (sulfide) groups is 1. The van der Waals surface area contributed by atoms with Crippen LogP contribution in [0.5, 0.6) is 0 Å². The summed E-state index contributed by atoms with van der Waals surface area (Å²) >= 11 is 4.85. The molecule has 1 aromatic carbocycles. The second kappa shape index (κ2) is 6.01. The Bertz CT molecular complexity index is 557. The number of benzene rings is 1. The Labute approximate surface area is 117 Å². The lowest BCUT2D eigenvalue weighted by Crippen LogP contribution is -2.15. The molecule has 1 heterocycles. The molecule has 0 saturated carbocycles. The fourth-order valence-corrected chi connectivity index (χ4v) is 2.57. The van der Waals surface area contributed by atoms with Crippen molar-refractivity contribution in [3.8, 4) is 0 Å². The number of halogens is 1. The van der Waals surface area contributed by atoms with Crippen molar-refractivity contribution in [3.63, 3.8) is 0 Å². The molecule has 0 aliphatic carbocycles. The minimum atomic E-state index is -0.126. The molecule has 7 heteroatoms. The monoisotopic (exact) mass is 326 g/mol. The molecule has 0 spiro atoms. The molecule has 0 aliphatic rings. The smallest absolute Gasteiger partial charge is 0.248 e. The van der Waals surface area contributed by atoms with E-state index in [9.17, 15) is 4.79 Å². The van der Waals surface area contributed by atoms with Gasteiger partial charge >= 0.3 is 0 Å². The lowest BCUT2D eigenvalue weighted by molar-refractivity contribution is -0.113. The van der Waals surface area contributed by atoms with Crippen LogP contribution >= 0.6 is 27.7 Å². The third kappa shape index (κ3) is 3.85. The van der Waals surface area contributed by atoms with Gasteiger partial charge in [-0.05, 0) is 25.1 Å². The minimum Gasteiger partial charge on any atom is -0.292 e. The maximum atomic E-state index is 11.6. The Morgan fingerprint density at radius 3 is 3.06 bits per heavy atom. The SMILES string of the molecule is Cc1nc(NC(=O)CSc2cccc(Br)c2)n[nH]1. The number of rotatable bonds is 4. The summed E-state index contributed by atoms with van der Waals surface area (Å²) in [6.07, 6.45) is 0. The fraction of sp³-hybridized carbons (Fsp3) is 0.182. The number of nitrogens with zero attached hydrogens (tertiary/aromatic N) is 2. The van der Waals surface area contributed by atoms with E-state index in [1.54, 1.807) is 6.92 Å². The first-order valence-corrected chi connectivity index (χ1v) is 6.98. The third-order valence-corrected chi connectivity index (χ3v) is 3.50. The van der Waals surface area contributed by atoms with Crippen molar-refractivity contribution >= 4 is 39.5 Å². The quantitative estimate of drug-likeness (QED) is 0.847. The summed E-state index contributed by atoms with van der Waals surface area (Å²) in [5, 5.41) is 9.13. The van der Waals surface area contributed by atoms with Crippen molar-refractivity contribution < 1.29 is 4.79 Å². The van der Waals surface area contributed by atoms with Crippen molar-refractivity contribution in [2.45, 2.75) is 11.8 Å². The zero-order chi connectivity index (χ0) is 13.0. The molecular formula is C11H11BrN4OS. The molecule has 0 saturated heterocycles. The molecule has 0 radical (unpaired) electrons. The summed E-state index contributed by atoms with van der Waals surface area (Å²) in [4.78, 5) is 16.7. The number of aryl methyl sites for hydroxylation is 1. The molecule has 0 unspecified atom stereocenters. The van der Waals surface area contributed by atoms with E-state index in [-0.39, 0.29) is 5.91 Å². The number of aromatic amines is 1. The van der Waals surface area contributed by atoms with Crippen molar-refractivity contribution in [3.05, 3.63) is 34.6 Å². The fourth-order valence-electron chi connectivity index (χ4n) is 1.27. The predicted molar refractivity (Wildman–Crippen MR) is 74.6 cm³/mol. The molecule has 18 heavy (non-hydrogen) atoms. The van der Waals surface area contributed by atoms with E-state index in [0.29, 0.717) is 17.5 Å². The van der Waals surface area contributed by atoms with E-state index < -0.39 is 0 Å². The molecule has 2 N–H and O–H groups in total. The normalized spacial score (nSPS) is 10.3. The lowest BCUT2D eigenvalue weighted by Gasteiger charge is -2.02. The first-order chi connectivity index (χ1) is 8.63. The first kappa shape index (κ1) is 13.1. The van der Waals surface area contributed by atoms with Crippen molar-refractivity contribution in [2.75, 3.05) is 11.1 Å². The highest BCUT2D eigenvalue weighted by Gasteiger charge is 2.06. The average Bonchev–Trinajstić information content (AvgIpc) is 2.72. The van der Waals surface area contributed by atoms with Crippen molar-refractivity contribution in [1.82, 2.24) is 15.2 Å². The summed E-state index contributed by atoms with van der Waals surface area (Å²) in [5.41, 5.74) is 0. The van der Waals surface area contributed by atoms with Crippen LogP contribution in [0.1, 0.15) is 5.82 Å². The minimum absolute atomic E-state index is 0.126. The summed E-state index contributed by atoms with van der Waals surface area (Å²) in [6.45, 7) is 1.78. The van der Waals surface area contributed by atoms with Gasteiger partial charge in [-0.15, -0.1) is 16.9 Å². The standard InChI is InChI=1S/C11H11BrN4OS/c1-7-13-11(16-15-7)14-10(17)6-18-9-4-2-3-8(12)5-9/h2-5H,6H2,1H3,(H2,13,14,15,16,17). The second-order valence-corrected chi connectivity index (χ2v) is 5.50. The van der Waals surface area contributed by atoms with E-state index in [2.05, 4.69) is 36.4 Å². The van der Waals surface area contributed by atoms with Crippen LogP contribution in [0.4, 0.5) is 5.95 Å². The number of H-pyrrole nitrogens is 1. The highest BCUT2D eigenvalue weighted by molar-refractivity contribution is 9.10. The molecule has 0 fully saturated rings. The topological polar surface area (TPSA) is 70.7 Å². The number of hydrogen-bond donors (Lipinski definition) is 2. The van der Waals surface area contributed by atoms with Gasteiger partial charge in [-0.3, -0.25) is 15.2 Å². The van der Waals surface area contributed by atoms with E-state index in [1.165, 1.54) is 11.8 Å².